The average Bonchev–Trinajstić information content (AvgIpc) is 3.49. The number of pyridine rings is 3. The Morgan fingerprint density at radius 3 is 2.69 bits per heavy atom. The molecule has 2 atom stereocenters. The van der Waals surface area contributed by atoms with Gasteiger partial charge in [0.25, 0.3) is 0 Å². The van der Waals surface area contributed by atoms with Gasteiger partial charge in [-0.15, -0.1) is 0 Å². The molecule has 5 heterocycles. The summed E-state index contributed by atoms with van der Waals surface area (Å²) < 4.78 is 5.43. The Morgan fingerprint density at radius 1 is 1.08 bits per heavy atom. The van der Waals surface area contributed by atoms with Crippen molar-refractivity contribution in [1.29, 1.82) is 0 Å². The Bertz CT molecular complexity index is 1370. The number of hydrogen-bond acceptors (Lipinski definition) is 7. The number of likely N-dealkylation sites (tertiary alicyclic amines) is 1. The third-order valence-corrected chi connectivity index (χ3v) is 7.75. The molecule has 0 unspecified atom stereocenters. The average molecular weight is 483 g/mol. The standard InChI is InChI=1S/C28H30N6O2/c1-19-24-17-31-26(32-27(35)25-14-28(25)7-8-33(2)18-28)13-23(24)20(15-29-19)3-4-21-5-6-22(16-30-21)34-9-11-36-12-10-34/h5-6,13,15-17,25H,7-12,14,18H2,1-2H3,(H,31,32,35)/t25-,28+/m1/s1. The van der Waals surface area contributed by atoms with Crippen molar-refractivity contribution in [2.75, 3.05) is 56.7 Å². The second-order valence-electron chi connectivity index (χ2n) is 10.2. The minimum Gasteiger partial charge on any atom is -0.378 e. The summed E-state index contributed by atoms with van der Waals surface area (Å²) in [6, 6.07) is 5.91. The van der Waals surface area contributed by atoms with Crippen molar-refractivity contribution < 1.29 is 9.53 Å². The number of amides is 1. The molecule has 6 rings (SSSR count). The lowest BCUT2D eigenvalue weighted by molar-refractivity contribution is -0.118. The second-order valence-corrected chi connectivity index (χ2v) is 10.2. The van der Waals surface area contributed by atoms with Crippen LogP contribution in [0.1, 0.15) is 29.8 Å². The molecule has 1 spiro atoms. The molecule has 8 heteroatoms. The van der Waals surface area contributed by atoms with Crippen LogP contribution in [0.3, 0.4) is 0 Å². The quantitative estimate of drug-likeness (QED) is 0.575. The number of nitrogens with zero attached hydrogens (tertiary/aromatic N) is 5. The maximum atomic E-state index is 13.0. The molecule has 0 bridgehead atoms. The lowest BCUT2D eigenvalue weighted by atomic mass is 10.0. The van der Waals surface area contributed by atoms with E-state index in [2.05, 4.69) is 55.0 Å². The van der Waals surface area contributed by atoms with Gasteiger partial charge in [-0.25, -0.2) is 9.97 Å². The third kappa shape index (κ3) is 4.41. The summed E-state index contributed by atoms with van der Waals surface area (Å²) in [7, 11) is 2.12. The first kappa shape index (κ1) is 22.9. The van der Waals surface area contributed by atoms with Gasteiger partial charge in [-0.2, -0.15) is 0 Å². The molecular weight excluding hydrogens is 452 g/mol. The van der Waals surface area contributed by atoms with Gasteiger partial charge in [0.05, 0.1) is 30.7 Å². The largest absolute Gasteiger partial charge is 0.378 e. The van der Waals surface area contributed by atoms with Gasteiger partial charge in [0.15, 0.2) is 0 Å². The van der Waals surface area contributed by atoms with Crippen molar-refractivity contribution in [3.05, 3.63) is 53.7 Å². The Hall–Kier alpha value is -3.54. The first-order valence-corrected chi connectivity index (χ1v) is 12.6. The molecule has 3 aromatic heterocycles. The van der Waals surface area contributed by atoms with E-state index in [0.717, 1.165) is 80.0 Å². The minimum atomic E-state index is 0.0696. The first-order valence-electron chi connectivity index (χ1n) is 12.6. The SMILES string of the molecule is Cc1ncc(C#Cc2ccc(N3CCOCC3)cn2)c2cc(NC(=O)[C@H]3C[C@]34CCN(C)C4)ncc12. The topological polar surface area (TPSA) is 83.5 Å². The minimum absolute atomic E-state index is 0.0696. The van der Waals surface area contributed by atoms with E-state index < -0.39 is 0 Å². The fraction of sp³-hybridized carbons (Fsp3) is 0.429. The highest BCUT2D eigenvalue weighted by molar-refractivity contribution is 5.97. The molecular formula is C28H30N6O2. The maximum absolute atomic E-state index is 13.0. The summed E-state index contributed by atoms with van der Waals surface area (Å²) in [6.07, 6.45) is 7.49. The van der Waals surface area contributed by atoms with E-state index in [4.69, 9.17) is 4.74 Å². The Kier molecular flexibility index (Phi) is 5.82. The number of hydrogen-bond donors (Lipinski definition) is 1. The molecule has 3 aromatic rings. The number of aromatic nitrogens is 3. The molecule has 2 saturated heterocycles. The van der Waals surface area contributed by atoms with Crippen LogP contribution in [0.2, 0.25) is 0 Å². The van der Waals surface area contributed by atoms with Crippen LogP contribution < -0.4 is 10.2 Å². The zero-order valence-electron chi connectivity index (χ0n) is 20.8. The number of anilines is 2. The molecule has 184 valence electrons. The monoisotopic (exact) mass is 482 g/mol. The molecule has 1 aliphatic carbocycles. The summed E-state index contributed by atoms with van der Waals surface area (Å²) in [5, 5.41) is 4.91. The number of fused-ring (bicyclic) bond motifs is 1. The Morgan fingerprint density at radius 2 is 1.94 bits per heavy atom. The van der Waals surface area contributed by atoms with Gasteiger partial charge in [-0.1, -0.05) is 5.92 Å². The molecule has 0 radical (unpaired) electrons. The number of carbonyl (C=O) groups excluding carboxylic acids is 1. The Balaban J connectivity index is 1.22. The van der Waals surface area contributed by atoms with Gasteiger partial charge in [0.2, 0.25) is 5.91 Å². The third-order valence-electron chi connectivity index (χ3n) is 7.75. The van der Waals surface area contributed by atoms with E-state index in [1.165, 1.54) is 0 Å². The summed E-state index contributed by atoms with van der Waals surface area (Å²) in [5.41, 5.74) is 3.61. The van der Waals surface area contributed by atoms with Gasteiger partial charge >= 0.3 is 0 Å². The molecule has 3 fully saturated rings. The second kappa shape index (κ2) is 9.16. The van der Waals surface area contributed by atoms with Crippen molar-refractivity contribution in [2.24, 2.45) is 11.3 Å². The highest BCUT2D eigenvalue weighted by Gasteiger charge is 2.60. The van der Waals surface area contributed by atoms with E-state index in [-0.39, 0.29) is 17.2 Å². The van der Waals surface area contributed by atoms with Crippen LogP contribution in [0.25, 0.3) is 10.8 Å². The van der Waals surface area contributed by atoms with Crippen molar-refractivity contribution >= 4 is 28.2 Å². The molecule has 8 nitrogen and oxygen atoms in total. The van der Waals surface area contributed by atoms with E-state index in [9.17, 15) is 4.79 Å². The van der Waals surface area contributed by atoms with E-state index >= 15 is 0 Å². The summed E-state index contributed by atoms with van der Waals surface area (Å²) in [5.74, 6) is 7.11. The van der Waals surface area contributed by atoms with Gasteiger partial charge in [-0.05, 0) is 62.9 Å². The molecule has 3 aliphatic rings. The number of nitrogens with one attached hydrogen (secondary N) is 1. The van der Waals surface area contributed by atoms with Crippen molar-refractivity contribution in [3.63, 3.8) is 0 Å². The zero-order chi connectivity index (χ0) is 24.7. The smallest absolute Gasteiger partial charge is 0.229 e. The van der Waals surface area contributed by atoms with Crippen LogP contribution in [0.4, 0.5) is 11.5 Å². The van der Waals surface area contributed by atoms with Gasteiger partial charge in [-0.3, -0.25) is 9.78 Å². The molecule has 36 heavy (non-hydrogen) atoms. The highest BCUT2D eigenvalue weighted by atomic mass is 16.5. The normalized spacial score (nSPS) is 23.5. The summed E-state index contributed by atoms with van der Waals surface area (Å²) >= 11 is 0. The van der Waals surface area contributed by atoms with Crippen LogP contribution >= 0.6 is 0 Å². The maximum Gasteiger partial charge on any atom is 0.229 e. The lowest BCUT2D eigenvalue weighted by Crippen LogP contribution is -2.36. The molecule has 1 amide bonds. The van der Waals surface area contributed by atoms with E-state index in [1.54, 1.807) is 12.4 Å². The van der Waals surface area contributed by atoms with Crippen LogP contribution in [-0.2, 0) is 9.53 Å². The number of carbonyl (C=O) groups is 1. The van der Waals surface area contributed by atoms with Crippen LogP contribution in [0.5, 0.6) is 0 Å². The number of morpholine rings is 1. The number of ether oxygens (including phenoxy) is 1. The van der Waals surface area contributed by atoms with Crippen molar-refractivity contribution in [1.82, 2.24) is 19.9 Å². The van der Waals surface area contributed by atoms with Gasteiger partial charge < -0.3 is 19.9 Å². The molecule has 0 aromatic carbocycles. The summed E-state index contributed by atoms with van der Waals surface area (Å²) in [6.45, 7) is 7.25. The Labute approximate surface area is 211 Å². The van der Waals surface area contributed by atoms with Crippen LogP contribution in [-0.4, -0.2) is 72.2 Å². The zero-order valence-corrected chi connectivity index (χ0v) is 20.8. The van der Waals surface area contributed by atoms with Crippen LogP contribution in [0, 0.1) is 30.1 Å². The molecule has 2 aliphatic heterocycles. The predicted octanol–water partition coefficient (Wildman–Crippen LogP) is 2.85. The predicted molar refractivity (Wildman–Crippen MR) is 139 cm³/mol. The lowest BCUT2D eigenvalue weighted by Gasteiger charge is -2.28. The molecule has 1 N–H and O–H groups in total. The fourth-order valence-electron chi connectivity index (χ4n) is 5.53. The van der Waals surface area contributed by atoms with E-state index in [1.807, 2.05) is 25.3 Å². The molecule has 1 saturated carbocycles. The van der Waals surface area contributed by atoms with Crippen molar-refractivity contribution in [2.45, 2.75) is 19.8 Å². The van der Waals surface area contributed by atoms with Gasteiger partial charge in [0.1, 0.15) is 11.5 Å². The fourth-order valence-corrected chi connectivity index (χ4v) is 5.53. The van der Waals surface area contributed by atoms with Crippen molar-refractivity contribution in [3.8, 4) is 11.8 Å². The van der Waals surface area contributed by atoms with Crippen LogP contribution in [0.15, 0.2) is 36.8 Å². The first-order chi connectivity index (χ1) is 17.5. The van der Waals surface area contributed by atoms with Gasteiger partial charge in [0, 0.05) is 54.4 Å². The summed E-state index contributed by atoms with van der Waals surface area (Å²) in [4.78, 5) is 31.1. The number of aryl methyl sites for hydroxylation is 1. The van der Waals surface area contributed by atoms with E-state index in [0.29, 0.717) is 11.5 Å². The number of rotatable bonds is 3. The highest BCUT2D eigenvalue weighted by Crippen LogP contribution is 2.58.